The Kier molecular flexibility index (Phi) is 7.13. The Balaban J connectivity index is 1.36. The summed E-state index contributed by atoms with van der Waals surface area (Å²) in [6.07, 6.45) is 13.1. The van der Waals surface area contributed by atoms with Crippen molar-refractivity contribution in [2.75, 3.05) is 11.9 Å². The van der Waals surface area contributed by atoms with Crippen LogP contribution in [-0.2, 0) is 4.79 Å². The molecule has 0 bridgehead atoms. The van der Waals surface area contributed by atoms with Gasteiger partial charge >= 0.3 is 0 Å². The number of hydrogen-bond donors (Lipinski definition) is 2. The van der Waals surface area contributed by atoms with E-state index in [2.05, 4.69) is 43.5 Å². The molecule has 2 aromatic heterocycles. The third kappa shape index (κ3) is 5.25. The number of nitrogens with one attached hydrogen (secondary N) is 2. The van der Waals surface area contributed by atoms with E-state index in [0.29, 0.717) is 24.1 Å². The Morgan fingerprint density at radius 3 is 2.69 bits per heavy atom. The van der Waals surface area contributed by atoms with E-state index in [0.717, 1.165) is 16.9 Å². The average molecular weight is 488 g/mol. The van der Waals surface area contributed by atoms with E-state index in [1.807, 2.05) is 55.6 Å². The minimum Gasteiger partial charge on any atom is -0.352 e. The quantitative estimate of drug-likeness (QED) is 0.419. The van der Waals surface area contributed by atoms with Gasteiger partial charge in [0.1, 0.15) is 0 Å². The highest BCUT2D eigenvalue weighted by molar-refractivity contribution is 7.80. The summed E-state index contributed by atoms with van der Waals surface area (Å²) in [7, 11) is 0. The molecular weight excluding hydrogens is 454 g/mol. The Bertz CT molecular complexity index is 1170. The van der Waals surface area contributed by atoms with Crippen molar-refractivity contribution in [2.45, 2.75) is 63.6 Å². The second kappa shape index (κ2) is 10.6. The van der Waals surface area contributed by atoms with E-state index in [-0.39, 0.29) is 18.0 Å². The number of amides is 1. The lowest BCUT2D eigenvalue weighted by atomic mass is 9.95. The summed E-state index contributed by atoms with van der Waals surface area (Å²) in [5.74, 6) is -0.0121. The van der Waals surface area contributed by atoms with Crippen LogP contribution < -0.4 is 10.6 Å². The lowest BCUT2D eigenvalue weighted by Crippen LogP contribution is -2.32. The van der Waals surface area contributed by atoms with Gasteiger partial charge in [-0.05, 0) is 67.4 Å². The Morgan fingerprint density at radius 1 is 1.11 bits per heavy atom. The molecule has 2 aliphatic rings. The second-order valence-corrected chi connectivity index (χ2v) is 10.0. The first kappa shape index (κ1) is 23.5. The van der Waals surface area contributed by atoms with Crippen LogP contribution in [0.4, 0.5) is 5.69 Å². The number of benzene rings is 1. The SMILES string of the molecule is Cc1ccccc1NC(=O)CCN1C(=S)N[C@H](c2ccccn2)[C@H]1c1ccn(C2CCCCC2)c1. The molecule has 1 aromatic carbocycles. The molecule has 1 aliphatic heterocycles. The van der Waals surface area contributed by atoms with Crippen molar-refractivity contribution in [3.63, 3.8) is 0 Å². The summed E-state index contributed by atoms with van der Waals surface area (Å²) in [5.41, 5.74) is 4.07. The van der Waals surface area contributed by atoms with Gasteiger partial charge in [0.15, 0.2) is 5.11 Å². The summed E-state index contributed by atoms with van der Waals surface area (Å²) >= 11 is 5.78. The van der Waals surface area contributed by atoms with Gasteiger partial charge in [-0.2, -0.15) is 0 Å². The van der Waals surface area contributed by atoms with E-state index >= 15 is 0 Å². The number of carbonyl (C=O) groups is 1. The number of pyridine rings is 1. The number of hydrogen-bond acceptors (Lipinski definition) is 3. The second-order valence-electron chi connectivity index (χ2n) is 9.62. The molecule has 3 heterocycles. The van der Waals surface area contributed by atoms with Gasteiger partial charge in [-0.25, -0.2) is 0 Å². The Labute approximate surface area is 212 Å². The maximum absolute atomic E-state index is 12.8. The van der Waals surface area contributed by atoms with Gasteiger partial charge in [0.2, 0.25) is 5.91 Å². The number of rotatable bonds is 7. The van der Waals surface area contributed by atoms with Gasteiger partial charge in [-0.1, -0.05) is 43.5 Å². The van der Waals surface area contributed by atoms with Crippen molar-refractivity contribution < 1.29 is 4.79 Å². The molecule has 0 spiro atoms. The van der Waals surface area contributed by atoms with Gasteiger partial charge in [-0.3, -0.25) is 9.78 Å². The normalized spacial score (nSPS) is 20.6. The van der Waals surface area contributed by atoms with Crippen molar-refractivity contribution in [2.24, 2.45) is 0 Å². The molecule has 7 heteroatoms. The third-order valence-corrected chi connectivity index (χ3v) is 7.62. The smallest absolute Gasteiger partial charge is 0.226 e. The van der Waals surface area contributed by atoms with E-state index in [9.17, 15) is 4.79 Å². The Morgan fingerprint density at radius 2 is 1.91 bits per heavy atom. The van der Waals surface area contributed by atoms with Gasteiger partial charge in [0.25, 0.3) is 0 Å². The number of aromatic nitrogens is 2. The van der Waals surface area contributed by atoms with Crippen LogP contribution in [0.25, 0.3) is 0 Å². The number of aryl methyl sites for hydroxylation is 1. The summed E-state index contributed by atoms with van der Waals surface area (Å²) in [6, 6.07) is 16.5. The van der Waals surface area contributed by atoms with Crippen LogP contribution in [0.3, 0.4) is 0 Å². The van der Waals surface area contributed by atoms with Crippen LogP contribution >= 0.6 is 12.2 Å². The van der Waals surface area contributed by atoms with E-state index in [4.69, 9.17) is 12.2 Å². The highest BCUT2D eigenvalue weighted by Gasteiger charge is 2.40. The van der Waals surface area contributed by atoms with Crippen LogP contribution in [0.1, 0.15) is 73.5 Å². The number of anilines is 1. The van der Waals surface area contributed by atoms with Crippen LogP contribution in [0.2, 0.25) is 0 Å². The zero-order valence-corrected chi connectivity index (χ0v) is 21.0. The molecule has 2 atom stereocenters. The minimum atomic E-state index is -0.0645. The summed E-state index contributed by atoms with van der Waals surface area (Å²) < 4.78 is 2.38. The van der Waals surface area contributed by atoms with Crippen molar-refractivity contribution in [3.05, 3.63) is 83.9 Å². The van der Waals surface area contributed by atoms with Gasteiger partial charge in [0, 0.05) is 43.3 Å². The van der Waals surface area contributed by atoms with Crippen LogP contribution in [0.15, 0.2) is 67.1 Å². The largest absolute Gasteiger partial charge is 0.352 e. The standard InChI is InChI=1S/C28H33N5OS/c1-20-9-5-6-12-23(20)30-25(34)15-18-33-27(26(31-28(33)35)24-13-7-8-16-29-24)21-14-17-32(19-21)22-10-3-2-4-11-22/h5-9,12-14,16-17,19,22,26-27H,2-4,10-11,15,18H2,1H3,(H,30,34)(H,31,35)/t26-,27-/m1/s1. The van der Waals surface area contributed by atoms with E-state index < -0.39 is 0 Å². The first-order chi connectivity index (χ1) is 17.1. The lowest BCUT2D eigenvalue weighted by molar-refractivity contribution is -0.116. The molecule has 6 nitrogen and oxygen atoms in total. The maximum Gasteiger partial charge on any atom is 0.226 e. The summed E-state index contributed by atoms with van der Waals surface area (Å²) in [6.45, 7) is 2.53. The highest BCUT2D eigenvalue weighted by Crippen LogP contribution is 2.39. The molecule has 35 heavy (non-hydrogen) atoms. The molecule has 182 valence electrons. The fourth-order valence-corrected chi connectivity index (χ4v) is 5.70. The lowest BCUT2D eigenvalue weighted by Gasteiger charge is -2.27. The van der Waals surface area contributed by atoms with Gasteiger partial charge < -0.3 is 20.1 Å². The average Bonchev–Trinajstić information content (AvgIpc) is 3.50. The van der Waals surface area contributed by atoms with Crippen LogP contribution in [-0.4, -0.2) is 32.0 Å². The maximum atomic E-state index is 12.8. The number of para-hydroxylation sites is 1. The van der Waals surface area contributed by atoms with Crippen molar-refractivity contribution in [1.82, 2.24) is 19.8 Å². The molecule has 5 rings (SSSR count). The fourth-order valence-electron chi connectivity index (χ4n) is 5.37. The first-order valence-corrected chi connectivity index (χ1v) is 13.0. The van der Waals surface area contributed by atoms with E-state index in [1.165, 1.54) is 37.7 Å². The molecule has 1 amide bonds. The monoisotopic (exact) mass is 487 g/mol. The zero-order valence-electron chi connectivity index (χ0n) is 20.2. The molecule has 1 aliphatic carbocycles. The molecule has 0 radical (unpaired) electrons. The molecule has 2 fully saturated rings. The molecule has 1 saturated heterocycles. The van der Waals surface area contributed by atoms with Crippen molar-refractivity contribution >= 4 is 28.9 Å². The van der Waals surface area contributed by atoms with Gasteiger partial charge in [-0.15, -0.1) is 0 Å². The highest BCUT2D eigenvalue weighted by atomic mass is 32.1. The summed E-state index contributed by atoms with van der Waals surface area (Å²) in [5, 5.41) is 7.21. The summed E-state index contributed by atoms with van der Waals surface area (Å²) in [4.78, 5) is 19.6. The first-order valence-electron chi connectivity index (χ1n) is 12.6. The van der Waals surface area contributed by atoms with Crippen molar-refractivity contribution in [1.29, 1.82) is 0 Å². The number of carbonyl (C=O) groups excluding carboxylic acids is 1. The molecule has 2 N–H and O–H groups in total. The zero-order chi connectivity index (χ0) is 24.2. The van der Waals surface area contributed by atoms with Crippen LogP contribution in [0, 0.1) is 6.92 Å². The molecule has 1 saturated carbocycles. The predicted molar refractivity (Wildman–Crippen MR) is 143 cm³/mol. The topological polar surface area (TPSA) is 62.2 Å². The van der Waals surface area contributed by atoms with Crippen LogP contribution in [0.5, 0.6) is 0 Å². The number of nitrogens with zero attached hydrogens (tertiary/aromatic N) is 3. The third-order valence-electron chi connectivity index (χ3n) is 7.27. The molecular formula is C28H33N5OS. The molecule has 0 unspecified atom stereocenters. The number of thiocarbonyl (C=S) groups is 1. The minimum absolute atomic E-state index is 0.0121. The Hall–Kier alpha value is -3.19. The molecule has 3 aromatic rings. The fraction of sp³-hybridized carbons (Fsp3) is 0.393. The van der Waals surface area contributed by atoms with Gasteiger partial charge in [0.05, 0.1) is 17.8 Å². The van der Waals surface area contributed by atoms with Crippen molar-refractivity contribution in [3.8, 4) is 0 Å². The predicted octanol–water partition coefficient (Wildman–Crippen LogP) is 5.70. The van der Waals surface area contributed by atoms with E-state index in [1.54, 1.807) is 0 Å².